The summed E-state index contributed by atoms with van der Waals surface area (Å²) in [6, 6.07) is 11.9. The Morgan fingerprint density at radius 3 is 2.83 bits per heavy atom. The van der Waals surface area contributed by atoms with E-state index >= 15 is 0 Å². The minimum atomic E-state index is 0.0652. The molecule has 0 unspecified atom stereocenters. The van der Waals surface area contributed by atoms with Crippen LogP contribution in [0.4, 0.5) is 0 Å². The van der Waals surface area contributed by atoms with E-state index in [9.17, 15) is 4.79 Å². The summed E-state index contributed by atoms with van der Waals surface area (Å²) >= 11 is 0. The molecule has 0 spiro atoms. The van der Waals surface area contributed by atoms with Gasteiger partial charge in [-0.2, -0.15) is 0 Å². The number of benzene rings is 1. The maximum atomic E-state index is 12.5. The zero-order valence-corrected chi connectivity index (χ0v) is 16.7. The number of likely N-dealkylation sites (tertiary alicyclic amines) is 1. The normalized spacial score (nSPS) is 16.6. The summed E-state index contributed by atoms with van der Waals surface area (Å²) in [7, 11) is 0. The third-order valence-corrected chi connectivity index (χ3v) is 5.33. The van der Waals surface area contributed by atoms with Gasteiger partial charge in [0.05, 0.1) is 17.0 Å². The Kier molecular flexibility index (Phi) is 5.51. The van der Waals surface area contributed by atoms with Gasteiger partial charge in [0, 0.05) is 24.9 Å². The summed E-state index contributed by atoms with van der Waals surface area (Å²) in [5.41, 5.74) is 4.61. The van der Waals surface area contributed by atoms with Crippen molar-refractivity contribution in [3.8, 4) is 11.3 Å². The monoisotopic (exact) mass is 388 g/mol. The zero-order chi connectivity index (χ0) is 20.2. The molecule has 0 aliphatic carbocycles. The second-order valence-electron chi connectivity index (χ2n) is 7.48. The van der Waals surface area contributed by atoms with Crippen molar-refractivity contribution < 1.29 is 9.32 Å². The van der Waals surface area contributed by atoms with Gasteiger partial charge in [-0.25, -0.2) is 9.97 Å². The molecule has 1 aliphatic heterocycles. The molecule has 1 aliphatic rings. The van der Waals surface area contributed by atoms with E-state index in [4.69, 9.17) is 4.52 Å². The van der Waals surface area contributed by atoms with Crippen LogP contribution in [0.15, 0.2) is 53.3 Å². The van der Waals surface area contributed by atoms with E-state index in [1.54, 1.807) is 12.4 Å². The highest BCUT2D eigenvalue weighted by Gasteiger charge is 2.26. The molecule has 6 nitrogen and oxygen atoms in total. The molecular weight excluding hydrogens is 364 g/mol. The van der Waals surface area contributed by atoms with E-state index < -0.39 is 0 Å². The topological polar surface area (TPSA) is 72.1 Å². The summed E-state index contributed by atoms with van der Waals surface area (Å²) in [5, 5.41) is 4.01. The van der Waals surface area contributed by atoms with Crippen LogP contribution in [0.1, 0.15) is 29.1 Å². The maximum Gasteiger partial charge on any atom is 0.246 e. The predicted molar refractivity (Wildman–Crippen MR) is 111 cm³/mol. The largest absolute Gasteiger partial charge is 0.361 e. The number of carbonyl (C=O) groups is 1. The number of rotatable bonds is 5. The van der Waals surface area contributed by atoms with Gasteiger partial charge in [-0.05, 0) is 50.3 Å². The fourth-order valence-corrected chi connectivity index (χ4v) is 3.83. The molecule has 0 saturated carbocycles. The molecule has 148 valence electrons. The van der Waals surface area contributed by atoms with Crippen molar-refractivity contribution >= 4 is 12.0 Å². The molecule has 1 atom stereocenters. The molecule has 0 radical (unpaired) electrons. The average molecular weight is 388 g/mol. The van der Waals surface area contributed by atoms with E-state index in [0.29, 0.717) is 5.92 Å². The van der Waals surface area contributed by atoms with Crippen molar-refractivity contribution in [3.63, 3.8) is 0 Å². The Morgan fingerprint density at radius 2 is 2.07 bits per heavy atom. The Morgan fingerprint density at radius 1 is 1.24 bits per heavy atom. The number of aryl methyl sites for hydroxylation is 2. The smallest absolute Gasteiger partial charge is 0.246 e. The lowest BCUT2D eigenvalue weighted by atomic mass is 10.0. The molecule has 1 saturated heterocycles. The van der Waals surface area contributed by atoms with E-state index in [0.717, 1.165) is 59.9 Å². The Balaban J connectivity index is 1.39. The van der Waals surface area contributed by atoms with Gasteiger partial charge in [-0.15, -0.1) is 0 Å². The van der Waals surface area contributed by atoms with Crippen LogP contribution in [0.25, 0.3) is 17.3 Å². The van der Waals surface area contributed by atoms with Gasteiger partial charge in [0.2, 0.25) is 5.91 Å². The van der Waals surface area contributed by atoms with Crippen molar-refractivity contribution in [2.45, 2.75) is 26.7 Å². The second kappa shape index (κ2) is 8.39. The van der Waals surface area contributed by atoms with Crippen LogP contribution in [0, 0.1) is 19.8 Å². The van der Waals surface area contributed by atoms with Gasteiger partial charge >= 0.3 is 0 Å². The summed E-state index contributed by atoms with van der Waals surface area (Å²) in [4.78, 5) is 23.2. The highest BCUT2D eigenvalue weighted by atomic mass is 16.5. The summed E-state index contributed by atoms with van der Waals surface area (Å²) in [6.07, 6.45) is 6.94. The van der Waals surface area contributed by atoms with E-state index in [1.165, 1.54) is 0 Å². The lowest BCUT2D eigenvalue weighted by Crippen LogP contribution is -2.27. The molecule has 1 amide bonds. The number of hydrogen-bond donors (Lipinski definition) is 0. The first-order valence-corrected chi connectivity index (χ1v) is 9.86. The van der Waals surface area contributed by atoms with Crippen LogP contribution >= 0.6 is 0 Å². The van der Waals surface area contributed by atoms with Gasteiger partial charge in [0.25, 0.3) is 0 Å². The lowest BCUT2D eigenvalue weighted by Gasteiger charge is -2.14. The van der Waals surface area contributed by atoms with Gasteiger partial charge in [0.15, 0.2) is 0 Å². The molecule has 3 aromatic rings. The Bertz CT molecular complexity index is 1010. The first-order valence-electron chi connectivity index (χ1n) is 9.86. The highest BCUT2D eigenvalue weighted by molar-refractivity contribution is 5.91. The first kappa shape index (κ1) is 19.1. The zero-order valence-electron chi connectivity index (χ0n) is 16.7. The van der Waals surface area contributed by atoms with E-state index in [-0.39, 0.29) is 5.91 Å². The van der Waals surface area contributed by atoms with Crippen LogP contribution < -0.4 is 0 Å². The SMILES string of the molecule is Cc1noc(C)c1-c1cc(C[C@H]2CCN(C(=O)/C=C/c3ccccc3)C2)ncn1. The third kappa shape index (κ3) is 4.42. The molecule has 0 bridgehead atoms. The van der Waals surface area contributed by atoms with Crippen LogP contribution in [0.2, 0.25) is 0 Å². The minimum absolute atomic E-state index is 0.0652. The van der Waals surface area contributed by atoms with Crippen molar-refractivity contribution in [1.29, 1.82) is 0 Å². The summed E-state index contributed by atoms with van der Waals surface area (Å²) in [5.74, 6) is 1.22. The average Bonchev–Trinajstić information content (AvgIpc) is 3.33. The van der Waals surface area contributed by atoms with Crippen molar-refractivity contribution in [3.05, 3.63) is 71.5 Å². The van der Waals surface area contributed by atoms with Gasteiger partial charge in [-0.1, -0.05) is 35.5 Å². The summed E-state index contributed by atoms with van der Waals surface area (Å²) in [6.45, 7) is 5.34. The van der Waals surface area contributed by atoms with Crippen LogP contribution in [0.3, 0.4) is 0 Å². The van der Waals surface area contributed by atoms with Crippen molar-refractivity contribution in [1.82, 2.24) is 20.0 Å². The van der Waals surface area contributed by atoms with Crippen LogP contribution in [-0.2, 0) is 11.2 Å². The summed E-state index contributed by atoms with van der Waals surface area (Å²) < 4.78 is 5.26. The fourth-order valence-electron chi connectivity index (χ4n) is 3.83. The van der Waals surface area contributed by atoms with Crippen molar-refractivity contribution in [2.75, 3.05) is 13.1 Å². The van der Waals surface area contributed by atoms with E-state index in [2.05, 4.69) is 15.1 Å². The molecule has 2 aromatic heterocycles. The molecule has 6 heteroatoms. The van der Waals surface area contributed by atoms with Gasteiger partial charge < -0.3 is 9.42 Å². The number of nitrogens with zero attached hydrogens (tertiary/aromatic N) is 4. The van der Waals surface area contributed by atoms with Crippen molar-refractivity contribution in [2.24, 2.45) is 5.92 Å². The second-order valence-corrected chi connectivity index (χ2v) is 7.48. The first-order chi connectivity index (χ1) is 14.1. The molecule has 1 fully saturated rings. The van der Waals surface area contributed by atoms with Crippen LogP contribution in [-0.4, -0.2) is 39.0 Å². The molecule has 4 rings (SSSR count). The van der Waals surface area contributed by atoms with E-state index in [1.807, 2.05) is 61.2 Å². The van der Waals surface area contributed by atoms with Gasteiger partial charge in [0.1, 0.15) is 12.1 Å². The predicted octanol–water partition coefficient (Wildman–Crippen LogP) is 3.85. The molecule has 29 heavy (non-hydrogen) atoms. The third-order valence-electron chi connectivity index (χ3n) is 5.33. The minimum Gasteiger partial charge on any atom is -0.361 e. The van der Waals surface area contributed by atoms with Crippen LogP contribution in [0.5, 0.6) is 0 Å². The standard InChI is InChI=1S/C23H24N4O2/c1-16-23(17(2)29-26-16)21-13-20(24-15-25-21)12-19-10-11-27(14-19)22(28)9-8-18-6-4-3-5-7-18/h3-9,13,15,19H,10-12,14H2,1-2H3/b9-8+/t19-/m1/s1. The Labute approximate surface area is 170 Å². The molecule has 0 N–H and O–H groups in total. The highest BCUT2D eigenvalue weighted by Crippen LogP contribution is 2.26. The number of amides is 1. The Hall–Kier alpha value is -3.28. The fraction of sp³-hybridized carbons (Fsp3) is 0.304. The molecular formula is C23H24N4O2. The molecule has 3 heterocycles. The van der Waals surface area contributed by atoms with Gasteiger partial charge in [-0.3, -0.25) is 4.79 Å². The number of hydrogen-bond acceptors (Lipinski definition) is 5. The quantitative estimate of drug-likeness (QED) is 0.621. The lowest BCUT2D eigenvalue weighted by molar-refractivity contribution is -0.125. The number of aromatic nitrogens is 3. The number of carbonyl (C=O) groups excluding carboxylic acids is 1. The maximum absolute atomic E-state index is 12.5. The molecule has 1 aromatic carbocycles.